The minimum absolute atomic E-state index is 0.457. The maximum absolute atomic E-state index is 5.76. The zero-order chi connectivity index (χ0) is 26.9. The molecule has 5 nitrogen and oxygen atoms in total. The van der Waals surface area contributed by atoms with Gasteiger partial charge >= 0.3 is 0 Å². The van der Waals surface area contributed by atoms with Gasteiger partial charge in [-0.15, -0.1) is 0 Å². The van der Waals surface area contributed by atoms with Gasteiger partial charge in [-0.05, 0) is 171 Å². The minimum Gasteiger partial charge on any atom is -0.377 e. The van der Waals surface area contributed by atoms with Crippen molar-refractivity contribution >= 4 is 51.9 Å². The summed E-state index contributed by atoms with van der Waals surface area (Å²) < 4.78 is 0. The molecule has 0 aromatic rings. The van der Waals surface area contributed by atoms with E-state index in [-0.39, 0.29) is 0 Å². The van der Waals surface area contributed by atoms with E-state index < -0.39 is 0 Å². The molecule has 0 aromatic heterocycles. The van der Waals surface area contributed by atoms with Gasteiger partial charge in [-0.2, -0.15) is 0 Å². The Labute approximate surface area is 248 Å². The van der Waals surface area contributed by atoms with Gasteiger partial charge in [-0.25, -0.2) is 0 Å². The second-order valence-corrected chi connectivity index (χ2v) is 14.6. The Balaban J connectivity index is 1.04. The lowest BCUT2D eigenvalue weighted by molar-refractivity contribution is 0.213. The third kappa shape index (κ3) is 10.3. The highest BCUT2D eigenvalue weighted by molar-refractivity contribution is 7.80. The minimum atomic E-state index is 0.457. The average molecular weight is 580 g/mol. The molecular formula is C30H53N5S3. The van der Waals surface area contributed by atoms with Crippen LogP contribution in [-0.2, 0) is 0 Å². The van der Waals surface area contributed by atoms with Gasteiger partial charge in [0.15, 0.2) is 10.2 Å². The summed E-state index contributed by atoms with van der Waals surface area (Å²) in [7, 11) is 0. The van der Waals surface area contributed by atoms with E-state index in [2.05, 4.69) is 21.3 Å². The Morgan fingerprint density at radius 2 is 0.789 bits per heavy atom. The number of thiocarbonyl (C=S) groups is 3. The molecule has 4 saturated carbocycles. The Hall–Kier alpha value is -0.730. The highest BCUT2D eigenvalue weighted by atomic mass is 32.1. The normalized spacial score (nSPS) is 36.0. The summed E-state index contributed by atoms with van der Waals surface area (Å²) >= 11 is 16.0. The maximum Gasteiger partial charge on any atom is 0.166 e. The van der Waals surface area contributed by atoms with Crippen LogP contribution in [0.25, 0.3) is 0 Å². The first kappa shape index (κ1) is 30.2. The van der Waals surface area contributed by atoms with Crippen molar-refractivity contribution in [3.8, 4) is 0 Å². The Morgan fingerprint density at radius 1 is 0.500 bits per heavy atom. The zero-order valence-electron chi connectivity index (χ0n) is 23.6. The number of nitrogens with one attached hydrogen (secondary N) is 4. The van der Waals surface area contributed by atoms with Gasteiger partial charge < -0.3 is 27.0 Å². The molecule has 6 N–H and O–H groups in total. The smallest absolute Gasteiger partial charge is 0.166 e. The Morgan fingerprint density at radius 3 is 1.08 bits per heavy atom. The molecule has 0 atom stereocenters. The van der Waals surface area contributed by atoms with Gasteiger partial charge in [0, 0.05) is 24.2 Å². The molecule has 0 radical (unpaired) electrons. The fourth-order valence-electron chi connectivity index (χ4n) is 8.01. The van der Waals surface area contributed by atoms with E-state index >= 15 is 0 Å². The van der Waals surface area contributed by atoms with E-state index in [9.17, 15) is 0 Å². The van der Waals surface area contributed by atoms with Crippen LogP contribution >= 0.6 is 36.7 Å². The SMILES string of the molecule is CC(=S)NC1CCC(CC2CCC(NC(=S)NC3CCC(CC4CCC(NC(N)=S)CC4)CC3)CC2)CC1. The van der Waals surface area contributed by atoms with Crippen molar-refractivity contribution in [2.45, 2.75) is 147 Å². The van der Waals surface area contributed by atoms with Crippen molar-refractivity contribution in [2.24, 2.45) is 29.4 Å². The van der Waals surface area contributed by atoms with Crippen LogP contribution < -0.4 is 27.0 Å². The van der Waals surface area contributed by atoms with Gasteiger partial charge in [0.1, 0.15) is 0 Å². The number of hydrogen-bond acceptors (Lipinski definition) is 3. The van der Waals surface area contributed by atoms with Crippen molar-refractivity contribution in [1.29, 1.82) is 0 Å². The summed E-state index contributed by atoms with van der Waals surface area (Å²) in [4.78, 5) is 0.955. The fourth-order valence-corrected chi connectivity index (χ4v) is 8.68. The van der Waals surface area contributed by atoms with E-state index in [4.69, 9.17) is 42.4 Å². The predicted octanol–water partition coefficient (Wildman–Crippen LogP) is 6.24. The summed E-state index contributed by atoms with van der Waals surface area (Å²) in [6.07, 6.45) is 23.7. The topological polar surface area (TPSA) is 74.1 Å². The molecule has 8 heteroatoms. The molecule has 0 saturated heterocycles. The molecule has 0 amide bonds. The van der Waals surface area contributed by atoms with Crippen molar-refractivity contribution < 1.29 is 0 Å². The van der Waals surface area contributed by atoms with Gasteiger partial charge in [-0.1, -0.05) is 12.2 Å². The van der Waals surface area contributed by atoms with Crippen LogP contribution in [0.5, 0.6) is 0 Å². The standard InChI is InChI=1S/C30H53N5S3/c1-20(36)32-25-10-2-21(3-11-25)18-23-6-14-27(15-7-23)34-30(38)35-28-16-8-24(9-17-28)19-22-4-12-26(13-5-22)33-29(31)37/h21-28H,2-19H2,1H3,(H,32,36)(H3,31,33,37)(H2,34,35,38). The van der Waals surface area contributed by atoms with Crippen LogP contribution in [-0.4, -0.2) is 39.4 Å². The van der Waals surface area contributed by atoms with Crippen molar-refractivity contribution in [1.82, 2.24) is 21.3 Å². The molecule has 4 rings (SSSR count). The zero-order valence-corrected chi connectivity index (χ0v) is 26.1. The number of hydrogen-bond donors (Lipinski definition) is 5. The molecule has 38 heavy (non-hydrogen) atoms. The Kier molecular flexibility index (Phi) is 12.2. The highest BCUT2D eigenvalue weighted by Gasteiger charge is 2.29. The first-order chi connectivity index (χ1) is 18.3. The molecule has 0 bridgehead atoms. The Bertz CT molecular complexity index is 698. The van der Waals surface area contributed by atoms with Crippen LogP contribution in [0.3, 0.4) is 0 Å². The van der Waals surface area contributed by atoms with Crippen LogP contribution in [0.1, 0.15) is 122 Å². The lowest BCUT2D eigenvalue weighted by Crippen LogP contribution is -2.48. The number of rotatable bonds is 8. The first-order valence-electron chi connectivity index (χ1n) is 15.7. The van der Waals surface area contributed by atoms with Crippen LogP contribution in [0, 0.1) is 23.7 Å². The van der Waals surface area contributed by atoms with Crippen LogP contribution in [0.15, 0.2) is 0 Å². The van der Waals surface area contributed by atoms with Crippen molar-refractivity contribution in [3.63, 3.8) is 0 Å². The average Bonchev–Trinajstić information content (AvgIpc) is 2.88. The van der Waals surface area contributed by atoms with E-state index in [0.717, 1.165) is 33.8 Å². The molecule has 0 spiro atoms. The molecular weight excluding hydrogens is 527 g/mol. The summed E-state index contributed by atoms with van der Waals surface area (Å²) in [5.74, 6) is 3.62. The van der Waals surface area contributed by atoms with Crippen molar-refractivity contribution in [2.75, 3.05) is 0 Å². The van der Waals surface area contributed by atoms with Crippen LogP contribution in [0.4, 0.5) is 0 Å². The number of nitrogens with two attached hydrogens (primary N) is 1. The quantitative estimate of drug-likeness (QED) is 0.217. The summed E-state index contributed by atoms with van der Waals surface area (Å²) in [5, 5.41) is 15.5. The predicted molar refractivity (Wildman–Crippen MR) is 172 cm³/mol. The molecule has 0 heterocycles. The largest absolute Gasteiger partial charge is 0.377 e. The second-order valence-electron chi connectivity index (χ2n) is 13.2. The molecule has 4 fully saturated rings. The lowest BCUT2D eigenvalue weighted by atomic mass is 9.75. The molecule has 0 aromatic carbocycles. The monoisotopic (exact) mass is 579 g/mol. The molecule has 0 unspecified atom stereocenters. The van der Waals surface area contributed by atoms with Gasteiger partial charge in [-0.3, -0.25) is 0 Å². The highest BCUT2D eigenvalue weighted by Crippen LogP contribution is 2.37. The van der Waals surface area contributed by atoms with Gasteiger partial charge in [0.2, 0.25) is 0 Å². The second kappa shape index (κ2) is 15.3. The summed E-state index contributed by atoms with van der Waals surface area (Å²) in [5.41, 5.74) is 5.65. The third-order valence-electron chi connectivity index (χ3n) is 10.1. The third-order valence-corrected chi connectivity index (χ3v) is 10.6. The molecule has 0 aliphatic heterocycles. The van der Waals surface area contributed by atoms with Gasteiger partial charge in [0.25, 0.3) is 0 Å². The summed E-state index contributed by atoms with van der Waals surface area (Å²) in [6.45, 7) is 2.01. The lowest BCUT2D eigenvalue weighted by Gasteiger charge is -2.36. The van der Waals surface area contributed by atoms with E-state index in [1.54, 1.807) is 0 Å². The molecule has 4 aliphatic rings. The van der Waals surface area contributed by atoms with Crippen molar-refractivity contribution in [3.05, 3.63) is 0 Å². The first-order valence-corrected chi connectivity index (χ1v) is 16.9. The molecule has 4 aliphatic carbocycles. The summed E-state index contributed by atoms with van der Waals surface area (Å²) in [6, 6.07) is 2.24. The van der Waals surface area contributed by atoms with E-state index in [1.165, 1.54) is 116 Å². The van der Waals surface area contributed by atoms with Crippen LogP contribution in [0.2, 0.25) is 0 Å². The fraction of sp³-hybridized carbons (Fsp3) is 0.900. The van der Waals surface area contributed by atoms with Gasteiger partial charge in [0.05, 0.1) is 4.99 Å². The van der Waals surface area contributed by atoms with E-state index in [0.29, 0.717) is 29.3 Å². The maximum atomic E-state index is 5.76. The molecule has 216 valence electrons. The van der Waals surface area contributed by atoms with E-state index in [1.807, 2.05) is 6.92 Å².